The van der Waals surface area contributed by atoms with Gasteiger partial charge in [0.05, 0.1) is 41.9 Å². The lowest BCUT2D eigenvalue weighted by atomic mass is 10.0. The Morgan fingerprint density at radius 1 is 0.554 bits per heavy atom. The highest BCUT2D eigenvalue weighted by atomic mass is 79.9. The summed E-state index contributed by atoms with van der Waals surface area (Å²) >= 11 is 31.7. The minimum atomic E-state index is -3.20. The van der Waals surface area contributed by atoms with E-state index in [9.17, 15) is 46.8 Å². The molecule has 2 heterocycles. The van der Waals surface area contributed by atoms with Crippen molar-refractivity contribution in [3.8, 4) is 0 Å². The highest BCUT2D eigenvalue weighted by molar-refractivity contribution is 9.12. The molecule has 2 N–H and O–H groups in total. The van der Waals surface area contributed by atoms with Gasteiger partial charge in [0.25, 0.3) is 11.8 Å². The number of thioether (sulfide) groups is 1. The molecule has 6 aliphatic carbocycles. The van der Waals surface area contributed by atoms with E-state index in [0.717, 1.165) is 101 Å². The summed E-state index contributed by atoms with van der Waals surface area (Å²) in [5.41, 5.74) is 27.4. The molecule has 0 unspecified atom stereocenters. The Morgan fingerprint density at radius 2 is 1.12 bits per heavy atom. The molecule has 6 aliphatic rings. The Morgan fingerprint density at radius 3 is 1.57 bits per heavy atom. The molecule has 7 aromatic rings. The molecule has 0 aliphatic heterocycles. The second-order valence-corrected chi connectivity index (χ2v) is 36.3. The maximum atomic E-state index is 12.6. The summed E-state index contributed by atoms with van der Waals surface area (Å²) in [6, 6.07) is 44.1. The molecule has 0 spiro atoms. The number of sulfone groups is 1. The fraction of sp³-hybridized carbons (Fsp3) is 0.299. The summed E-state index contributed by atoms with van der Waals surface area (Å²) in [6.07, 6.45) is 11.5. The van der Waals surface area contributed by atoms with Gasteiger partial charge in [0.15, 0.2) is 22.4 Å². The number of aromatic nitrogens is 2. The van der Waals surface area contributed by atoms with E-state index >= 15 is 0 Å². The Balaban J connectivity index is 0.000000218. The van der Waals surface area contributed by atoms with Crippen LogP contribution in [0, 0.1) is 48.5 Å². The lowest BCUT2D eigenvalue weighted by Gasteiger charge is -2.13. The van der Waals surface area contributed by atoms with Crippen LogP contribution in [0.2, 0.25) is 10.0 Å². The van der Waals surface area contributed by atoms with Gasteiger partial charge in [-0.25, -0.2) is 13.2 Å². The van der Waals surface area contributed by atoms with Gasteiger partial charge in [0.1, 0.15) is 12.6 Å². The van der Waals surface area contributed by atoms with Crippen LogP contribution in [-0.4, -0.2) is 92.2 Å². The van der Waals surface area contributed by atoms with Crippen molar-refractivity contribution >= 4 is 166 Å². The zero-order valence-electron chi connectivity index (χ0n) is 71.8. The van der Waals surface area contributed by atoms with E-state index < -0.39 is 9.84 Å². The summed E-state index contributed by atoms with van der Waals surface area (Å²) in [5.74, 6) is 0.451. The molecule has 2 amide bonds. The van der Waals surface area contributed by atoms with Gasteiger partial charge < -0.3 is 29.2 Å². The van der Waals surface area contributed by atoms with Gasteiger partial charge >= 0.3 is 11.9 Å². The number of anilines is 2. The lowest BCUT2D eigenvalue weighted by molar-refractivity contribution is -0.139. The van der Waals surface area contributed by atoms with E-state index in [1.807, 2.05) is 79.3 Å². The molecule has 640 valence electrons. The van der Waals surface area contributed by atoms with Crippen LogP contribution in [-0.2, 0) is 77.7 Å². The molecule has 0 bridgehead atoms. The van der Waals surface area contributed by atoms with Crippen LogP contribution in [0.3, 0.4) is 0 Å². The molecule has 5 aromatic carbocycles. The van der Waals surface area contributed by atoms with E-state index in [-0.39, 0.29) is 35.9 Å². The first-order chi connectivity index (χ1) is 57.3. The number of hydrogen-bond donors (Lipinski definition) is 2. The zero-order chi connectivity index (χ0) is 89.9. The Bertz CT molecular complexity index is 5400. The third kappa shape index (κ3) is 28.2. The van der Waals surface area contributed by atoms with Crippen molar-refractivity contribution in [3.05, 3.63) is 314 Å². The SMILES string of the molecule is CC1=C(Br)C=C(C(=O)Nc2ccc(Cl)cc2)C1.CC1=C(Br)CC(C(=O)Nc2ccc(Cl)cc2)=C1.CC1=C(C=O)C(Cl)=C(C=O)C1.CC1=C(C=O)CC(Cl)=C1C=O.CC1=C(CSc2ccccc2)Cc2ccccc21.CCCS(=O)(=O)c1c(C)c(C)n(Cc2cccc(C)c2C)c1C.COC(=O)CC1=C(C)CC(C)=C1C(=O)OC.Cc1ccc(C)n1C. The number of halogens is 6. The highest BCUT2D eigenvalue weighted by Gasteiger charge is 2.30. The molecule has 0 radical (unpaired) electrons. The average molecular weight is 1890 g/mol. The van der Waals surface area contributed by atoms with Crippen LogP contribution in [0.5, 0.6) is 0 Å². The standard InChI is InChI=1S/C19H27NO2S.C17H16S.2C13H11BrClNO.C12H16O4.2C8H7ClO2.C7H11N/c1-7-11-23(21,22)19-15(4)16(5)20(17(19)6)12-18-10-8-9-13(2)14(18)3;1-13-15(11-14-7-5-6-10-17(13)14)12-18-16-8-3-2-4-9-16;2*1-8-6-9(7-12(8)14)13(17)16-11-4-2-10(15)3-5-11;1-7-5-8(2)11(12(14)16-4)9(7)6-10(13)15-3;1-5-6(3-10)2-8(9)7(5)4-11;1-5-2-6(3-10)8(9)7(5)4-11;1-6-4-5-7(2)8(6)3/h8-10H,7,11-12H2,1-6H3;2-10H,11-12H2,1H3;2-5,7H,6H2,1H3,(H,16,17);2-6H,7H2,1H3,(H,16,17);5-6H2,1-4H3;2*3-4H,2H2,1H3;4-5H,1-3H3. The zero-order valence-corrected chi connectivity index (χ0v) is 79.7. The van der Waals surface area contributed by atoms with E-state index in [0.29, 0.717) is 116 Å². The number of carbonyl (C=O) groups excluding carboxylic acids is 8. The summed E-state index contributed by atoms with van der Waals surface area (Å²) < 4.78 is 40.9. The summed E-state index contributed by atoms with van der Waals surface area (Å²) in [7, 11) is 1.54. The number of fused-ring (bicyclic) bond motifs is 1. The van der Waals surface area contributed by atoms with Crippen molar-refractivity contribution in [2.75, 3.05) is 36.4 Å². The molecule has 0 saturated heterocycles. The normalized spacial score (nSPS) is 14.4. The second kappa shape index (κ2) is 48.0. The number of aldehydes is 4. The summed E-state index contributed by atoms with van der Waals surface area (Å²) in [5, 5.41) is 7.77. The van der Waals surface area contributed by atoms with Gasteiger partial charge in [-0.15, -0.1) is 11.8 Å². The van der Waals surface area contributed by atoms with Crippen LogP contribution in [0.4, 0.5) is 11.4 Å². The number of allylic oxidation sites excluding steroid dienone is 17. The fourth-order valence-corrected chi connectivity index (χ4v) is 18.3. The van der Waals surface area contributed by atoms with Gasteiger partial charge in [-0.1, -0.05) is 174 Å². The Kier molecular flexibility index (Phi) is 39.9. The van der Waals surface area contributed by atoms with Crippen molar-refractivity contribution in [2.45, 2.75) is 172 Å². The largest absolute Gasteiger partial charge is 0.469 e. The number of amides is 2. The molecule has 0 fully saturated rings. The van der Waals surface area contributed by atoms with Crippen molar-refractivity contribution in [2.24, 2.45) is 7.05 Å². The number of ether oxygens (including phenoxy) is 2. The smallest absolute Gasteiger partial charge is 0.338 e. The number of carbonyl (C=O) groups is 8. The first-order valence-electron chi connectivity index (χ1n) is 39.1. The fourth-order valence-electron chi connectivity index (χ4n) is 13.6. The Labute approximate surface area is 754 Å². The highest BCUT2D eigenvalue weighted by Crippen LogP contribution is 2.39. The van der Waals surface area contributed by atoms with Gasteiger partial charge in [0, 0.05) is 129 Å². The molecule has 0 atom stereocenters. The minimum Gasteiger partial charge on any atom is -0.469 e. The summed E-state index contributed by atoms with van der Waals surface area (Å²) in [6.45, 7) is 30.5. The van der Waals surface area contributed by atoms with Crippen LogP contribution in [0.15, 0.2) is 258 Å². The van der Waals surface area contributed by atoms with Crippen LogP contribution < -0.4 is 10.6 Å². The quantitative estimate of drug-likeness (QED) is 0.0437. The first kappa shape index (κ1) is 101. The van der Waals surface area contributed by atoms with E-state index in [4.69, 9.17) is 51.1 Å². The topological polar surface area (TPSA) is 223 Å². The summed E-state index contributed by atoms with van der Waals surface area (Å²) in [4.78, 5) is 90.1. The van der Waals surface area contributed by atoms with E-state index in [1.165, 1.54) is 69.5 Å². The third-order valence-electron chi connectivity index (χ3n) is 21.3. The number of esters is 2. The predicted octanol–water partition coefficient (Wildman–Crippen LogP) is 24.2. The Hall–Kier alpha value is -9.22. The monoisotopic (exact) mass is 1880 g/mol. The van der Waals surface area contributed by atoms with Crippen LogP contribution in [0.1, 0.15) is 156 Å². The van der Waals surface area contributed by atoms with Crippen LogP contribution >= 0.6 is 90.0 Å². The molecule has 2 aromatic heterocycles. The van der Waals surface area contributed by atoms with Gasteiger partial charge in [-0.2, -0.15) is 0 Å². The molecular formula is C97H106Br2Cl4N4O12S2. The average Bonchev–Trinajstić information content (AvgIpc) is 1.63. The maximum absolute atomic E-state index is 12.6. The number of benzene rings is 5. The maximum Gasteiger partial charge on any atom is 0.338 e. The molecule has 24 heteroatoms. The lowest BCUT2D eigenvalue weighted by Crippen LogP contribution is -2.13. The van der Waals surface area contributed by atoms with Crippen LogP contribution in [0.25, 0.3) is 5.57 Å². The first-order valence-corrected chi connectivity index (χ1v) is 44.8. The number of hydrogen-bond acceptors (Lipinski definition) is 13. The molecule has 0 saturated carbocycles. The second-order valence-electron chi connectivity index (χ2n) is 29.7. The van der Waals surface area contributed by atoms with E-state index in [1.54, 1.807) is 68.0 Å². The minimum absolute atomic E-state index is 0.0684. The van der Waals surface area contributed by atoms with Gasteiger partial charge in [-0.3, -0.25) is 33.6 Å². The predicted molar refractivity (Wildman–Crippen MR) is 503 cm³/mol. The molecular weight excluding hydrogens is 1780 g/mol. The third-order valence-corrected chi connectivity index (χ3v) is 27.7. The van der Waals surface area contributed by atoms with Crippen molar-refractivity contribution < 1.29 is 56.2 Å². The van der Waals surface area contributed by atoms with E-state index in [2.05, 4.69) is 183 Å². The molecule has 121 heavy (non-hydrogen) atoms. The molecule has 13 rings (SSSR count). The number of nitrogens with zero attached hydrogens (tertiary/aromatic N) is 2. The molecule has 16 nitrogen and oxygen atoms in total. The van der Waals surface area contributed by atoms with Crippen molar-refractivity contribution in [1.82, 2.24) is 9.13 Å². The number of methoxy groups -OCH3 is 2. The number of rotatable bonds is 19. The number of aryl methyl sites for hydroxylation is 3. The number of nitrogens with one attached hydrogen (secondary N) is 2. The van der Waals surface area contributed by atoms with Gasteiger partial charge in [-0.05, 0) is 270 Å². The van der Waals surface area contributed by atoms with Crippen molar-refractivity contribution in [3.63, 3.8) is 0 Å². The van der Waals surface area contributed by atoms with Crippen molar-refractivity contribution in [1.29, 1.82) is 0 Å². The van der Waals surface area contributed by atoms with Gasteiger partial charge in [0.2, 0.25) is 0 Å².